The van der Waals surface area contributed by atoms with Gasteiger partial charge in [-0.15, -0.1) is 11.3 Å². The van der Waals surface area contributed by atoms with E-state index in [2.05, 4.69) is 15.3 Å². The largest absolute Gasteiger partial charge is 0.497 e. The van der Waals surface area contributed by atoms with Crippen molar-refractivity contribution in [1.82, 2.24) is 14.9 Å². The molecule has 0 atom stereocenters. The van der Waals surface area contributed by atoms with Crippen molar-refractivity contribution in [3.63, 3.8) is 0 Å². The highest BCUT2D eigenvalue weighted by atomic mass is 32.1. The van der Waals surface area contributed by atoms with Crippen molar-refractivity contribution < 1.29 is 14.3 Å². The Morgan fingerprint density at radius 2 is 2.06 bits per heavy atom. The average Bonchev–Trinajstić information content (AvgIpc) is 3.04. The molecule has 0 fully saturated rings. The Kier molecular flexibility index (Phi) is 7.06. The molecule has 2 heterocycles. The molecule has 0 saturated carbocycles. The van der Waals surface area contributed by atoms with Gasteiger partial charge in [-0.25, -0.2) is 4.98 Å². The van der Waals surface area contributed by atoms with E-state index < -0.39 is 0 Å². The number of likely N-dealkylation sites (N-methyl/N-ethyl adjacent to an activating group) is 1. The van der Waals surface area contributed by atoms with Gasteiger partial charge in [0, 0.05) is 36.0 Å². The minimum absolute atomic E-state index is 0.0567. The van der Waals surface area contributed by atoms with Crippen LogP contribution in [0.2, 0.25) is 0 Å². The molecule has 2 aromatic heterocycles. The topological polar surface area (TPSA) is 104 Å². The van der Waals surface area contributed by atoms with E-state index in [9.17, 15) is 14.4 Å². The number of anilines is 1. The number of aryl methyl sites for hydroxylation is 3. The van der Waals surface area contributed by atoms with Crippen molar-refractivity contribution in [2.75, 3.05) is 25.5 Å². The second-order valence-electron chi connectivity index (χ2n) is 7.16. The number of H-pyrrole nitrogens is 1. The first-order chi connectivity index (χ1) is 14.8. The fraction of sp³-hybridized carbons (Fsp3) is 0.364. The number of methoxy groups -OCH3 is 1. The molecular weight excluding hydrogens is 416 g/mol. The van der Waals surface area contributed by atoms with Crippen LogP contribution < -0.4 is 15.6 Å². The lowest BCUT2D eigenvalue weighted by molar-refractivity contribution is -0.134. The number of benzene rings is 1. The number of ether oxygens (including phenoxy) is 1. The van der Waals surface area contributed by atoms with Gasteiger partial charge in [0.2, 0.25) is 11.8 Å². The summed E-state index contributed by atoms with van der Waals surface area (Å²) in [6.45, 7) is 6.03. The normalized spacial score (nSPS) is 10.8. The lowest BCUT2D eigenvalue weighted by Crippen LogP contribution is -2.38. The average molecular weight is 443 g/mol. The van der Waals surface area contributed by atoms with E-state index in [-0.39, 0.29) is 30.3 Å². The fourth-order valence-corrected chi connectivity index (χ4v) is 4.30. The number of fused-ring (bicyclic) bond motifs is 1. The predicted octanol–water partition coefficient (Wildman–Crippen LogP) is 3.03. The molecule has 0 spiro atoms. The van der Waals surface area contributed by atoms with Crippen molar-refractivity contribution in [1.29, 1.82) is 0 Å². The number of amides is 2. The highest BCUT2D eigenvalue weighted by Crippen LogP contribution is 2.25. The second-order valence-corrected chi connectivity index (χ2v) is 8.37. The Hall–Kier alpha value is -3.20. The Labute approximate surface area is 184 Å². The second kappa shape index (κ2) is 9.74. The minimum atomic E-state index is -0.291. The summed E-state index contributed by atoms with van der Waals surface area (Å²) in [6, 6.07) is 7.03. The molecule has 0 aliphatic heterocycles. The zero-order valence-corrected chi connectivity index (χ0v) is 18.9. The summed E-state index contributed by atoms with van der Waals surface area (Å²) in [5.41, 5.74) is 1.36. The Balaban J connectivity index is 1.61. The zero-order valence-electron chi connectivity index (χ0n) is 18.1. The van der Waals surface area contributed by atoms with Crippen molar-refractivity contribution >= 4 is 39.1 Å². The van der Waals surface area contributed by atoms with Crippen LogP contribution in [-0.4, -0.2) is 46.9 Å². The molecule has 1 aromatic carbocycles. The smallest absolute Gasteiger partial charge is 0.259 e. The van der Waals surface area contributed by atoms with Gasteiger partial charge in [-0.3, -0.25) is 14.4 Å². The molecule has 0 aliphatic carbocycles. The minimum Gasteiger partial charge on any atom is -0.497 e. The number of thiophene rings is 1. The molecule has 0 bridgehead atoms. The lowest BCUT2D eigenvalue weighted by Gasteiger charge is -2.20. The Morgan fingerprint density at radius 3 is 2.77 bits per heavy atom. The van der Waals surface area contributed by atoms with Crippen LogP contribution in [0.4, 0.5) is 5.69 Å². The van der Waals surface area contributed by atoms with E-state index in [4.69, 9.17) is 4.74 Å². The van der Waals surface area contributed by atoms with E-state index in [0.717, 1.165) is 10.4 Å². The molecule has 3 aromatic rings. The van der Waals surface area contributed by atoms with Crippen LogP contribution in [0.3, 0.4) is 0 Å². The van der Waals surface area contributed by atoms with E-state index in [1.54, 1.807) is 31.4 Å². The van der Waals surface area contributed by atoms with Gasteiger partial charge in [0.05, 0.1) is 19.0 Å². The molecule has 3 rings (SSSR count). The van der Waals surface area contributed by atoms with E-state index >= 15 is 0 Å². The molecule has 164 valence electrons. The van der Waals surface area contributed by atoms with Crippen LogP contribution in [-0.2, 0) is 16.0 Å². The van der Waals surface area contributed by atoms with Crippen LogP contribution in [0.1, 0.15) is 29.6 Å². The predicted molar refractivity (Wildman–Crippen MR) is 122 cm³/mol. The number of carbonyl (C=O) groups excluding carboxylic acids is 2. The zero-order chi connectivity index (χ0) is 22.5. The Morgan fingerprint density at radius 1 is 1.29 bits per heavy atom. The van der Waals surface area contributed by atoms with Gasteiger partial charge < -0.3 is 19.9 Å². The van der Waals surface area contributed by atoms with Crippen molar-refractivity contribution in [3.8, 4) is 5.75 Å². The van der Waals surface area contributed by atoms with Crippen LogP contribution in [0.25, 0.3) is 10.2 Å². The molecule has 0 saturated heterocycles. The number of rotatable bonds is 8. The summed E-state index contributed by atoms with van der Waals surface area (Å²) in [6.07, 6.45) is 0.450. The molecule has 0 radical (unpaired) electrons. The summed E-state index contributed by atoms with van der Waals surface area (Å²) >= 11 is 1.48. The van der Waals surface area contributed by atoms with E-state index in [1.807, 2.05) is 20.8 Å². The molecule has 9 heteroatoms. The molecule has 0 unspecified atom stereocenters. The van der Waals surface area contributed by atoms with Crippen molar-refractivity contribution in [2.45, 2.75) is 33.6 Å². The number of hydrogen-bond acceptors (Lipinski definition) is 6. The fourth-order valence-electron chi connectivity index (χ4n) is 3.25. The molecule has 0 aliphatic rings. The third kappa shape index (κ3) is 5.29. The first-order valence-electron chi connectivity index (χ1n) is 10.0. The summed E-state index contributed by atoms with van der Waals surface area (Å²) in [5.74, 6) is 0.644. The van der Waals surface area contributed by atoms with Crippen LogP contribution >= 0.6 is 11.3 Å². The van der Waals surface area contributed by atoms with Gasteiger partial charge in [-0.05, 0) is 38.5 Å². The lowest BCUT2D eigenvalue weighted by atomic mass is 10.2. The number of nitrogens with one attached hydrogen (secondary N) is 2. The molecule has 2 N–H and O–H groups in total. The van der Waals surface area contributed by atoms with Gasteiger partial charge >= 0.3 is 0 Å². The first kappa shape index (κ1) is 22.5. The van der Waals surface area contributed by atoms with Crippen molar-refractivity contribution in [2.24, 2.45) is 0 Å². The molecular formula is C22H26N4O4S. The van der Waals surface area contributed by atoms with E-state index in [0.29, 0.717) is 40.4 Å². The summed E-state index contributed by atoms with van der Waals surface area (Å²) < 4.78 is 5.15. The summed E-state index contributed by atoms with van der Waals surface area (Å²) in [5, 5.41) is 3.39. The highest BCUT2D eigenvalue weighted by molar-refractivity contribution is 7.18. The van der Waals surface area contributed by atoms with Crippen molar-refractivity contribution in [3.05, 3.63) is 50.9 Å². The van der Waals surface area contributed by atoms with Gasteiger partial charge in [-0.1, -0.05) is 6.07 Å². The summed E-state index contributed by atoms with van der Waals surface area (Å²) in [7, 11) is 1.55. The summed E-state index contributed by atoms with van der Waals surface area (Å²) in [4.78, 5) is 47.9. The first-order valence-corrected chi connectivity index (χ1v) is 10.8. The third-order valence-electron chi connectivity index (χ3n) is 5.09. The quantitative estimate of drug-likeness (QED) is 0.558. The maximum absolute atomic E-state index is 12.7. The number of carbonyl (C=O) groups is 2. The highest BCUT2D eigenvalue weighted by Gasteiger charge is 2.17. The number of hydrogen-bond donors (Lipinski definition) is 2. The van der Waals surface area contributed by atoms with Crippen LogP contribution in [0, 0.1) is 13.8 Å². The molecule has 31 heavy (non-hydrogen) atoms. The van der Waals surface area contributed by atoms with Gasteiger partial charge in [0.1, 0.15) is 16.4 Å². The standard InChI is InChI=1S/C22H26N4O4S/c1-5-26(12-18(27)23-15-7-6-8-16(11-15)30-4)19(28)10-9-17-24-21(29)20-13(2)14(3)31-22(20)25-17/h6-8,11H,5,9-10,12H2,1-4H3,(H,23,27)(H,24,25,29). The maximum atomic E-state index is 12.7. The third-order valence-corrected chi connectivity index (χ3v) is 6.19. The maximum Gasteiger partial charge on any atom is 0.259 e. The van der Waals surface area contributed by atoms with Crippen LogP contribution in [0.5, 0.6) is 5.75 Å². The monoisotopic (exact) mass is 442 g/mol. The molecule has 8 nitrogen and oxygen atoms in total. The van der Waals surface area contributed by atoms with Gasteiger partial charge in [-0.2, -0.15) is 0 Å². The molecule has 2 amide bonds. The Bertz CT molecular complexity index is 1170. The van der Waals surface area contributed by atoms with Gasteiger partial charge in [0.15, 0.2) is 0 Å². The number of aromatic amines is 1. The SMILES string of the molecule is CCN(CC(=O)Nc1cccc(OC)c1)C(=O)CCc1nc2sc(C)c(C)c2c(=O)[nH]1. The number of nitrogens with zero attached hydrogens (tertiary/aromatic N) is 2. The van der Waals surface area contributed by atoms with Crippen LogP contribution in [0.15, 0.2) is 29.1 Å². The van der Waals surface area contributed by atoms with Gasteiger partial charge in [0.25, 0.3) is 5.56 Å². The van der Waals surface area contributed by atoms with E-state index in [1.165, 1.54) is 16.2 Å². The number of aromatic nitrogens is 2.